The number of hydrogen-bond donors (Lipinski definition) is 0. The third-order valence-corrected chi connectivity index (χ3v) is 20.4. The van der Waals surface area contributed by atoms with Gasteiger partial charge in [0.15, 0.2) is 0 Å². The topological polar surface area (TPSA) is 13.1 Å². The molecule has 0 bridgehead atoms. The average molecular weight is 1050 g/mol. The average Bonchev–Trinajstić information content (AvgIpc) is 3.93. The van der Waals surface area contributed by atoms with Crippen LogP contribution >= 0.6 is 19.8 Å². The molecule has 2 unspecified atom stereocenters. The van der Waals surface area contributed by atoms with Crippen molar-refractivity contribution in [1.82, 2.24) is 0 Å². The molecule has 354 valence electrons. The van der Waals surface area contributed by atoms with E-state index in [1.54, 1.807) is 0 Å². The summed E-state index contributed by atoms with van der Waals surface area (Å²) in [7, 11) is 0. The first kappa shape index (κ1) is 44.4. The molecule has 3 aliphatic rings. The van der Waals surface area contributed by atoms with Crippen molar-refractivity contribution >= 4 is 41.8 Å². The zero-order valence-corrected chi connectivity index (χ0v) is 44.5. The van der Waals surface area contributed by atoms with Gasteiger partial charge in [-0.25, -0.2) is 0 Å². The van der Waals surface area contributed by atoms with Gasteiger partial charge in [-0.15, -0.1) is 0 Å². The molecule has 10 aromatic carbocycles. The maximum atomic E-state index is 6.53. The van der Waals surface area contributed by atoms with Crippen LogP contribution in [-0.2, 0) is 16.2 Å². The van der Waals surface area contributed by atoms with Crippen molar-refractivity contribution in [3.63, 3.8) is 0 Å². The third-order valence-electron chi connectivity index (χ3n) is 17.3. The molecule has 0 spiro atoms. The van der Waals surface area contributed by atoms with Crippen LogP contribution in [0.15, 0.2) is 223 Å². The minimum atomic E-state index is -1.21. The number of halogens is 1. The van der Waals surface area contributed by atoms with Gasteiger partial charge in [-0.2, -0.15) is 0 Å². The fourth-order valence-electron chi connectivity index (χ4n) is 13.2. The standard InChI is InChI=1S/C71H57IO/c1-69(2)61-24-12-10-20-55(61)59-41-63-60(42-62(59)69)67-58(39-50(40-64(67)70(63,3)4)49-18-14-19-53(38-49)72(5)6)47-32-36-52(37-33-47)71(43-65(71)48-28-26-45(27-29-48)44-16-8-7-9-17-44)51-34-30-46(31-35-51)54-22-15-23-57-56-21-11-13-25-66(56)73-68(54)57/h7-42,65H,43H2,1-6H3. The van der Waals surface area contributed by atoms with E-state index in [9.17, 15) is 0 Å². The van der Waals surface area contributed by atoms with Crippen molar-refractivity contribution in [2.24, 2.45) is 0 Å². The summed E-state index contributed by atoms with van der Waals surface area (Å²) < 4.78 is 8.05. The van der Waals surface area contributed by atoms with E-state index in [-0.39, 0.29) is 16.2 Å². The Morgan fingerprint density at radius 2 is 0.973 bits per heavy atom. The fourth-order valence-corrected chi connectivity index (χ4v) is 15.1. The number of rotatable bonds is 8. The first-order valence-electron chi connectivity index (χ1n) is 25.8. The Morgan fingerprint density at radius 1 is 0.397 bits per heavy atom. The van der Waals surface area contributed by atoms with Gasteiger partial charge in [-0.05, 0) is 28.3 Å². The quantitative estimate of drug-likeness (QED) is 0.109. The zero-order valence-electron chi connectivity index (χ0n) is 42.4. The van der Waals surface area contributed by atoms with Gasteiger partial charge in [-0.1, -0.05) is 133 Å². The first-order chi connectivity index (χ1) is 35.5. The molecule has 73 heavy (non-hydrogen) atoms. The molecule has 0 N–H and O–H groups in total. The van der Waals surface area contributed by atoms with Crippen LogP contribution < -0.4 is 0 Å². The van der Waals surface area contributed by atoms with Crippen LogP contribution in [0.4, 0.5) is 0 Å². The van der Waals surface area contributed by atoms with Crippen molar-refractivity contribution in [2.75, 3.05) is 9.86 Å². The number of hydrogen-bond acceptors (Lipinski definition) is 1. The Hall–Kier alpha value is -7.27. The van der Waals surface area contributed by atoms with Gasteiger partial charge in [0.2, 0.25) is 0 Å². The molecule has 0 amide bonds. The predicted octanol–water partition coefficient (Wildman–Crippen LogP) is 19.3. The summed E-state index contributed by atoms with van der Waals surface area (Å²) >= 11 is -1.21. The van der Waals surface area contributed by atoms with Crippen LogP contribution in [-0.4, -0.2) is 9.86 Å². The summed E-state index contributed by atoms with van der Waals surface area (Å²) in [6, 6.07) is 82.9. The number of fused-ring (bicyclic) bond motifs is 9. The van der Waals surface area contributed by atoms with Gasteiger partial charge in [0.25, 0.3) is 0 Å². The zero-order chi connectivity index (χ0) is 49.4. The van der Waals surface area contributed by atoms with E-state index in [4.69, 9.17) is 4.42 Å². The molecule has 2 heteroatoms. The summed E-state index contributed by atoms with van der Waals surface area (Å²) in [6.45, 7) is 9.73. The van der Waals surface area contributed by atoms with E-state index in [1.165, 1.54) is 104 Å². The second-order valence-electron chi connectivity index (χ2n) is 22.1. The Labute approximate surface area is 437 Å². The van der Waals surface area contributed by atoms with Crippen molar-refractivity contribution in [1.29, 1.82) is 0 Å². The van der Waals surface area contributed by atoms with E-state index < -0.39 is 19.8 Å². The van der Waals surface area contributed by atoms with Crippen molar-refractivity contribution in [3.05, 3.63) is 261 Å². The Kier molecular flexibility index (Phi) is 9.96. The Bertz CT molecular complexity index is 4000. The second-order valence-corrected chi connectivity index (χ2v) is 27.7. The van der Waals surface area contributed by atoms with E-state index in [0.29, 0.717) is 5.92 Å². The molecule has 1 heterocycles. The van der Waals surface area contributed by atoms with Crippen LogP contribution in [0.25, 0.3) is 88.7 Å². The van der Waals surface area contributed by atoms with Gasteiger partial charge < -0.3 is 4.42 Å². The van der Waals surface area contributed by atoms with Crippen LogP contribution in [0.1, 0.15) is 79.0 Å². The van der Waals surface area contributed by atoms with Gasteiger partial charge in [-0.3, -0.25) is 0 Å². The summed E-state index contributed by atoms with van der Waals surface area (Å²) in [6.07, 6.45) is 1.04. The second kappa shape index (κ2) is 16.4. The molecule has 11 aromatic rings. The third kappa shape index (κ3) is 6.79. The molecule has 3 aliphatic carbocycles. The van der Waals surface area contributed by atoms with Crippen LogP contribution in [0, 0.1) is 3.57 Å². The van der Waals surface area contributed by atoms with Crippen LogP contribution in [0.3, 0.4) is 0 Å². The van der Waals surface area contributed by atoms with Gasteiger partial charge in [0.05, 0.1) is 0 Å². The number of para-hydroxylation sites is 2. The molecule has 14 rings (SSSR count). The van der Waals surface area contributed by atoms with Crippen LogP contribution in [0.2, 0.25) is 0 Å². The first-order valence-corrected chi connectivity index (χ1v) is 31.2. The SMILES string of the molecule is CI(C)c1cccc(-c2cc(-c3ccc(C4(c5ccc(-c6cccc7c6oc6ccccc67)cc5)CC4c4ccc(-c5ccccc5)cc4)cc3)c3c(c2)C(C)(C)c2cc4c(cc2-3)C(C)(C)c2ccccc2-4)c1. The molecular weight excluding hydrogens is 996 g/mol. The molecule has 0 aliphatic heterocycles. The number of furan rings is 1. The summed E-state index contributed by atoms with van der Waals surface area (Å²) in [5.74, 6) is 0.333. The molecule has 1 saturated carbocycles. The summed E-state index contributed by atoms with van der Waals surface area (Å²) in [4.78, 5) is 4.90. The monoisotopic (exact) mass is 1050 g/mol. The summed E-state index contributed by atoms with van der Waals surface area (Å²) in [5.41, 5.74) is 26.7. The van der Waals surface area contributed by atoms with Crippen LogP contribution in [0.5, 0.6) is 0 Å². The molecule has 1 aromatic heterocycles. The number of alkyl halides is 2. The molecule has 1 fully saturated rings. The van der Waals surface area contributed by atoms with Crippen molar-refractivity contribution in [3.8, 4) is 66.8 Å². The Balaban J connectivity index is 0.909. The molecular formula is C71H57IO. The fraction of sp³-hybridized carbons (Fsp3) is 0.155. The summed E-state index contributed by atoms with van der Waals surface area (Å²) in [5, 5.41) is 2.31. The maximum absolute atomic E-state index is 6.53. The Morgan fingerprint density at radius 3 is 1.73 bits per heavy atom. The van der Waals surface area contributed by atoms with E-state index in [2.05, 4.69) is 256 Å². The normalized spacial score (nSPS) is 17.8. The predicted molar refractivity (Wildman–Crippen MR) is 316 cm³/mol. The van der Waals surface area contributed by atoms with Gasteiger partial charge >= 0.3 is 246 Å². The molecule has 2 atom stereocenters. The van der Waals surface area contributed by atoms with Gasteiger partial charge in [0, 0.05) is 16.3 Å². The van der Waals surface area contributed by atoms with Gasteiger partial charge in [0.1, 0.15) is 11.2 Å². The van der Waals surface area contributed by atoms with E-state index >= 15 is 0 Å². The molecule has 0 radical (unpaired) electrons. The van der Waals surface area contributed by atoms with Crippen molar-refractivity contribution < 1.29 is 4.42 Å². The van der Waals surface area contributed by atoms with Crippen molar-refractivity contribution in [2.45, 2.75) is 56.3 Å². The number of benzene rings is 10. The van der Waals surface area contributed by atoms with E-state index in [0.717, 1.165) is 33.9 Å². The van der Waals surface area contributed by atoms with E-state index in [1.807, 2.05) is 0 Å². The molecule has 1 nitrogen and oxygen atoms in total. The molecule has 0 saturated heterocycles. The minimum absolute atomic E-state index is 0.0900.